The van der Waals surface area contributed by atoms with Crippen LogP contribution in [0.15, 0.2) is 42.5 Å². The normalized spacial score (nSPS) is 10.5. The molecule has 0 bridgehead atoms. The fourth-order valence-electron chi connectivity index (χ4n) is 2.14. The predicted octanol–water partition coefficient (Wildman–Crippen LogP) is 3.60. The third-order valence-corrected chi connectivity index (χ3v) is 3.33. The van der Waals surface area contributed by atoms with Crippen molar-refractivity contribution in [1.29, 1.82) is 0 Å². The van der Waals surface area contributed by atoms with Gasteiger partial charge in [-0.1, -0.05) is 30.3 Å². The average Bonchev–Trinajstić information content (AvgIpc) is 2.40. The van der Waals surface area contributed by atoms with E-state index in [4.69, 9.17) is 4.74 Å². The molecule has 0 amide bonds. The number of ether oxygens (including phenoxy) is 1. The molecule has 1 N–H and O–H groups in total. The summed E-state index contributed by atoms with van der Waals surface area (Å²) in [5.74, 6) is 0.919. The summed E-state index contributed by atoms with van der Waals surface area (Å²) in [6.45, 7) is 5.77. The number of benzene rings is 2. The van der Waals surface area contributed by atoms with Crippen LogP contribution in [0.2, 0.25) is 0 Å². The van der Waals surface area contributed by atoms with Crippen LogP contribution in [0.5, 0.6) is 5.75 Å². The van der Waals surface area contributed by atoms with Crippen LogP contribution in [0.25, 0.3) is 0 Å². The molecule has 0 heterocycles. The Morgan fingerprint density at radius 3 is 2.16 bits per heavy atom. The smallest absolute Gasteiger partial charge is 0.119 e. The molecule has 100 valence electrons. The van der Waals surface area contributed by atoms with E-state index in [9.17, 15) is 0 Å². The molecular weight excluding hydrogens is 234 g/mol. The van der Waals surface area contributed by atoms with Gasteiger partial charge in [0, 0.05) is 6.54 Å². The lowest BCUT2D eigenvalue weighted by Gasteiger charge is -2.11. The van der Waals surface area contributed by atoms with Crippen molar-refractivity contribution in [2.75, 3.05) is 7.05 Å². The molecule has 0 aliphatic heterocycles. The Kier molecular flexibility index (Phi) is 4.58. The van der Waals surface area contributed by atoms with E-state index in [1.807, 2.05) is 19.2 Å². The summed E-state index contributed by atoms with van der Waals surface area (Å²) in [6.07, 6.45) is 0. The SMILES string of the molecule is CNCc1ccc(OCc2c(C)cccc2C)cc1. The van der Waals surface area contributed by atoms with Crippen LogP contribution in [-0.2, 0) is 13.2 Å². The highest BCUT2D eigenvalue weighted by atomic mass is 16.5. The Morgan fingerprint density at radius 1 is 0.947 bits per heavy atom. The molecule has 0 aromatic heterocycles. The predicted molar refractivity (Wildman–Crippen MR) is 79.5 cm³/mol. The Labute approximate surface area is 115 Å². The lowest BCUT2D eigenvalue weighted by molar-refractivity contribution is 0.304. The Hall–Kier alpha value is -1.80. The second kappa shape index (κ2) is 6.39. The van der Waals surface area contributed by atoms with Crippen LogP contribution in [0.4, 0.5) is 0 Å². The first-order chi connectivity index (χ1) is 9.20. The van der Waals surface area contributed by atoms with Gasteiger partial charge in [0.05, 0.1) is 0 Å². The van der Waals surface area contributed by atoms with Gasteiger partial charge in [-0.25, -0.2) is 0 Å². The highest BCUT2D eigenvalue weighted by Crippen LogP contribution is 2.18. The quantitative estimate of drug-likeness (QED) is 0.881. The molecule has 0 saturated carbocycles. The molecule has 0 aliphatic rings. The molecule has 0 radical (unpaired) electrons. The second-order valence-corrected chi connectivity index (χ2v) is 4.83. The van der Waals surface area contributed by atoms with Gasteiger partial charge in [0.2, 0.25) is 0 Å². The minimum atomic E-state index is 0.629. The number of hydrogen-bond donors (Lipinski definition) is 1. The molecule has 0 saturated heterocycles. The molecule has 2 nitrogen and oxygen atoms in total. The minimum absolute atomic E-state index is 0.629. The van der Waals surface area contributed by atoms with Crippen LogP contribution in [-0.4, -0.2) is 7.05 Å². The van der Waals surface area contributed by atoms with Crippen molar-refractivity contribution in [3.63, 3.8) is 0 Å². The maximum atomic E-state index is 5.87. The van der Waals surface area contributed by atoms with Crippen molar-refractivity contribution in [2.24, 2.45) is 0 Å². The van der Waals surface area contributed by atoms with E-state index in [0.29, 0.717) is 6.61 Å². The van der Waals surface area contributed by atoms with Gasteiger partial charge in [0.25, 0.3) is 0 Å². The molecule has 2 aromatic carbocycles. The molecule has 2 heteroatoms. The Morgan fingerprint density at radius 2 is 1.58 bits per heavy atom. The van der Waals surface area contributed by atoms with E-state index in [1.165, 1.54) is 22.3 Å². The summed E-state index contributed by atoms with van der Waals surface area (Å²) in [5, 5.41) is 3.14. The summed E-state index contributed by atoms with van der Waals surface area (Å²) in [5.41, 5.74) is 5.11. The maximum Gasteiger partial charge on any atom is 0.119 e. The summed E-state index contributed by atoms with van der Waals surface area (Å²) in [6, 6.07) is 14.6. The van der Waals surface area contributed by atoms with E-state index in [-0.39, 0.29) is 0 Å². The van der Waals surface area contributed by atoms with Gasteiger partial charge in [-0.2, -0.15) is 0 Å². The average molecular weight is 255 g/mol. The van der Waals surface area contributed by atoms with Crippen molar-refractivity contribution in [3.8, 4) is 5.75 Å². The van der Waals surface area contributed by atoms with Crippen molar-refractivity contribution < 1.29 is 4.74 Å². The highest BCUT2D eigenvalue weighted by molar-refractivity contribution is 5.34. The van der Waals surface area contributed by atoms with E-state index in [0.717, 1.165) is 12.3 Å². The number of nitrogens with one attached hydrogen (secondary N) is 1. The van der Waals surface area contributed by atoms with Crippen molar-refractivity contribution in [2.45, 2.75) is 27.0 Å². The van der Waals surface area contributed by atoms with Gasteiger partial charge < -0.3 is 10.1 Å². The fraction of sp³-hybridized carbons (Fsp3) is 0.294. The van der Waals surface area contributed by atoms with E-state index >= 15 is 0 Å². The number of rotatable bonds is 5. The highest BCUT2D eigenvalue weighted by Gasteiger charge is 2.03. The van der Waals surface area contributed by atoms with Gasteiger partial charge in [0.15, 0.2) is 0 Å². The first-order valence-corrected chi connectivity index (χ1v) is 6.62. The third-order valence-electron chi connectivity index (χ3n) is 3.33. The van der Waals surface area contributed by atoms with Crippen LogP contribution >= 0.6 is 0 Å². The molecule has 2 aromatic rings. The standard InChI is InChI=1S/C17H21NO/c1-13-5-4-6-14(2)17(13)12-19-16-9-7-15(8-10-16)11-18-3/h4-10,18H,11-12H2,1-3H3. The van der Waals surface area contributed by atoms with Crippen LogP contribution in [0, 0.1) is 13.8 Å². The first kappa shape index (κ1) is 13.6. The summed E-state index contributed by atoms with van der Waals surface area (Å²) < 4.78 is 5.87. The zero-order valence-corrected chi connectivity index (χ0v) is 11.9. The zero-order valence-electron chi connectivity index (χ0n) is 11.9. The minimum Gasteiger partial charge on any atom is -0.489 e. The van der Waals surface area contributed by atoms with E-state index in [1.54, 1.807) is 0 Å². The summed E-state index contributed by atoms with van der Waals surface area (Å²) in [4.78, 5) is 0. The topological polar surface area (TPSA) is 21.3 Å². The molecule has 0 aliphatic carbocycles. The van der Waals surface area contributed by atoms with Crippen LogP contribution < -0.4 is 10.1 Å². The van der Waals surface area contributed by atoms with Crippen molar-refractivity contribution >= 4 is 0 Å². The van der Waals surface area contributed by atoms with Gasteiger partial charge in [0.1, 0.15) is 12.4 Å². The van der Waals surface area contributed by atoms with Crippen molar-refractivity contribution in [1.82, 2.24) is 5.32 Å². The first-order valence-electron chi connectivity index (χ1n) is 6.62. The van der Waals surface area contributed by atoms with E-state index < -0.39 is 0 Å². The zero-order chi connectivity index (χ0) is 13.7. The lowest BCUT2D eigenvalue weighted by Crippen LogP contribution is -2.05. The monoisotopic (exact) mass is 255 g/mol. The van der Waals surface area contributed by atoms with Gasteiger partial charge in [-0.05, 0) is 55.3 Å². The summed E-state index contributed by atoms with van der Waals surface area (Å²) >= 11 is 0. The van der Waals surface area contributed by atoms with Gasteiger partial charge >= 0.3 is 0 Å². The Bertz CT molecular complexity index is 511. The van der Waals surface area contributed by atoms with Gasteiger partial charge in [-0.3, -0.25) is 0 Å². The molecule has 19 heavy (non-hydrogen) atoms. The molecule has 0 unspecified atom stereocenters. The van der Waals surface area contributed by atoms with E-state index in [2.05, 4.69) is 49.5 Å². The fourth-order valence-corrected chi connectivity index (χ4v) is 2.14. The Balaban J connectivity index is 2.02. The second-order valence-electron chi connectivity index (χ2n) is 4.83. The molecule has 2 rings (SSSR count). The molecule has 0 spiro atoms. The molecule has 0 fully saturated rings. The lowest BCUT2D eigenvalue weighted by atomic mass is 10.0. The van der Waals surface area contributed by atoms with Crippen LogP contribution in [0.1, 0.15) is 22.3 Å². The van der Waals surface area contributed by atoms with Crippen LogP contribution in [0.3, 0.4) is 0 Å². The van der Waals surface area contributed by atoms with Gasteiger partial charge in [-0.15, -0.1) is 0 Å². The summed E-state index contributed by atoms with van der Waals surface area (Å²) in [7, 11) is 1.95. The number of hydrogen-bond acceptors (Lipinski definition) is 2. The maximum absolute atomic E-state index is 5.87. The third kappa shape index (κ3) is 3.58. The molecule has 0 atom stereocenters. The molecular formula is C17H21NO. The number of aryl methyl sites for hydroxylation is 2. The largest absolute Gasteiger partial charge is 0.489 e. The van der Waals surface area contributed by atoms with Crippen molar-refractivity contribution in [3.05, 3.63) is 64.7 Å².